The molecule has 0 atom stereocenters. The Morgan fingerprint density at radius 3 is 2.21 bits per heavy atom. The number of thiophene rings is 1. The highest BCUT2D eigenvalue weighted by atomic mass is 32.1. The molecule has 1 heterocycles. The first-order chi connectivity index (χ1) is 21.2. The summed E-state index contributed by atoms with van der Waals surface area (Å²) in [5.74, 6) is 0.686. The van der Waals surface area contributed by atoms with Crippen molar-refractivity contribution in [2.24, 2.45) is 9.98 Å². The van der Waals surface area contributed by atoms with Crippen LogP contribution in [0.15, 0.2) is 150 Å². The average molecular weight is 568 g/mol. The molecule has 7 aromatic carbocycles. The van der Waals surface area contributed by atoms with E-state index in [2.05, 4.69) is 91.0 Å². The van der Waals surface area contributed by atoms with Gasteiger partial charge in [-0.2, -0.15) is 0 Å². The Hall–Kier alpha value is -5.45. The molecule has 202 valence electrons. The predicted octanol–water partition coefficient (Wildman–Crippen LogP) is 10.4. The Bertz CT molecular complexity index is 2420. The lowest BCUT2D eigenvalue weighted by molar-refractivity contribution is 1.41. The maximum absolute atomic E-state index is 9.10. The van der Waals surface area contributed by atoms with Gasteiger partial charge in [0.25, 0.3) is 0 Å². The Morgan fingerprint density at radius 2 is 1.30 bits per heavy atom. The number of fused-ring (bicyclic) bond motifs is 7. The normalized spacial score (nSPS) is 12.3. The van der Waals surface area contributed by atoms with Crippen LogP contribution in [0.25, 0.3) is 52.5 Å². The van der Waals surface area contributed by atoms with Gasteiger partial charge in [-0.1, -0.05) is 115 Å². The van der Waals surface area contributed by atoms with Crippen molar-refractivity contribution in [1.82, 2.24) is 0 Å². The molecule has 43 heavy (non-hydrogen) atoms. The third-order valence-corrected chi connectivity index (χ3v) is 9.12. The minimum atomic E-state index is 0.177. The van der Waals surface area contributed by atoms with Gasteiger partial charge >= 0.3 is 0 Å². The Morgan fingerprint density at radius 1 is 0.535 bits per heavy atom. The summed E-state index contributed by atoms with van der Waals surface area (Å²) in [6.07, 6.45) is 1.82. The second-order valence-corrected chi connectivity index (χ2v) is 11.7. The number of hydrogen-bond donors (Lipinski definition) is 1. The molecule has 8 aromatic rings. The Balaban J connectivity index is 1.26. The molecule has 1 aromatic heterocycles. The maximum Gasteiger partial charge on any atom is 0.162 e. The van der Waals surface area contributed by atoms with Gasteiger partial charge in [-0.15, -0.1) is 11.3 Å². The van der Waals surface area contributed by atoms with E-state index in [-0.39, 0.29) is 5.84 Å². The molecule has 0 spiro atoms. The molecule has 0 fully saturated rings. The van der Waals surface area contributed by atoms with Crippen molar-refractivity contribution in [1.29, 1.82) is 5.41 Å². The molecule has 1 N–H and O–H groups in total. The molecule has 0 aliphatic carbocycles. The van der Waals surface area contributed by atoms with E-state index in [0.29, 0.717) is 5.84 Å². The van der Waals surface area contributed by atoms with Gasteiger partial charge in [-0.3, -0.25) is 5.41 Å². The molecule has 0 unspecified atom stereocenters. The first-order valence-electron chi connectivity index (χ1n) is 14.2. The zero-order valence-corrected chi connectivity index (χ0v) is 24.0. The zero-order valence-electron chi connectivity index (χ0n) is 23.2. The molecule has 3 nitrogen and oxygen atoms in total. The molecule has 0 radical (unpaired) electrons. The van der Waals surface area contributed by atoms with Crippen LogP contribution in [-0.2, 0) is 0 Å². The van der Waals surface area contributed by atoms with Gasteiger partial charge in [-0.25, -0.2) is 9.98 Å². The lowest BCUT2D eigenvalue weighted by Gasteiger charge is -2.10. The van der Waals surface area contributed by atoms with Gasteiger partial charge in [0.2, 0.25) is 0 Å². The number of hydrogen-bond acceptors (Lipinski definition) is 2. The quantitative estimate of drug-likeness (QED) is 0.125. The highest BCUT2D eigenvalue weighted by molar-refractivity contribution is 7.25. The van der Waals surface area contributed by atoms with Gasteiger partial charge < -0.3 is 0 Å². The largest absolute Gasteiger partial charge is 0.282 e. The second-order valence-electron chi connectivity index (χ2n) is 10.6. The second kappa shape index (κ2) is 10.4. The SMILES string of the molecule is N=C(N=C(N=Cc1ccccc1)c1cccc2c1ccc1ccccc12)c1ccc2cc3c(cc2c1)sc1ccccc13. The van der Waals surface area contributed by atoms with Crippen molar-refractivity contribution in [3.05, 3.63) is 156 Å². The van der Waals surface area contributed by atoms with Crippen LogP contribution in [0, 0.1) is 5.41 Å². The number of amidine groups is 2. The fourth-order valence-electron chi connectivity index (χ4n) is 5.85. The molecule has 8 rings (SSSR count). The minimum Gasteiger partial charge on any atom is -0.282 e. The van der Waals surface area contributed by atoms with E-state index in [4.69, 9.17) is 15.4 Å². The number of nitrogens with zero attached hydrogens (tertiary/aromatic N) is 2. The summed E-state index contributed by atoms with van der Waals surface area (Å²) in [5.41, 5.74) is 2.63. The van der Waals surface area contributed by atoms with Crippen LogP contribution in [0.5, 0.6) is 0 Å². The molecule has 4 heteroatoms. The third-order valence-electron chi connectivity index (χ3n) is 7.99. The summed E-state index contributed by atoms with van der Waals surface area (Å²) in [4.78, 5) is 9.74. The highest BCUT2D eigenvalue weighted by Crippen LogP contribution is 2.36. The van der Waals surface area contributed by atoms with E-state index in [1.807, 2.05) is 54.7 Å². The number of benzene rings is 7. The Labute approximate surface area is 252 Å². The van der Waals surface area contributed by atoms with Crippen LogP contribution in [0.2, 0.25) is 0 Å². The Kier molecular flexibility index (Phi) is 6.13. The van der Waals surface area contributed by atoms with Gasteiger partial charge in [0.15, 0.2) is 11.7 Å². The molecule has 0 bridgehead atoms. The number of aliphatic imine (C=N–C) groups is 2. The van der Waals surface area contributed by atoms with Gasteiger partial charge in [0, 0.05) is 37.5 Å². The predicted molar refractivity (Wildman–Crippen MR) is 186 cm³/mol. The first-order valence-corrected chi connectivity index (χ1v) is 15.1. The fraction of sp³-hybridized carbons (Fsp3) is 0. The topological polar surface area (TPSA) is 48.6 Å². The van der Waals surface area contributed by atoms with E-state index < -0.39 is 0 Å². The molecule has 0 amide bonds. The molecule has 0 saturated carbocycles. The number of rotatable bonds is 3. The summed E-state index contributed by atoms with van der Waals surface area (Å²) in [5, 5.41) is 18.5. The van der Waals surface area contributed by atoms with Gasteiger partial charge in [0.05, 0.1) is 0 Å². The van der Waals surface area contributed by atoms with Crippen LogP contribution >= 0.6 is 11.3 Å². The summed E-state index contributed by atoms with van der Waals surface area (Å²) >= 11 is 1.80. The van der Waals surface area contributed by atoms with E-state index in [9.17, 15) is 0 Å². The minimum absolute atomic E-state index is 0.177. The molecule has 0 aliphatic heterocycles. The van der Waals surface area contributed by atoms with Crippen LogP contribution in [-0.4, -0.2) is 17.9 Å². The molecule has 0 saturated heterocycles. The van der Waals surface area contributed by atoms with Crippen LogP contribution in [0.3, 0.4) is 0 Å². The highest BCUT2D eigenvalue weighted by Gasteiger charge is 2.13. The van der Waals surface area contributed by atoms with Crippen LogP contribution in [0.4, 0.5) is 0 Å². The summed E-state index contributed by atoms with van der Waals surface area (Å²) in [6.45, 7) is 0. The summed E-state index contributed by atoms with van der Waals surface area (Å²) in [7, 11) is 0. The monoisotopic (exact) mass is 567 g/mol. The molecular weight excluding hydrogens is 543 g/mol. The van der Waals surface area contributed by atoms with Crippen molar-refractivity contribution in [3.63, 3.8) is 0 Å². The standard InChI is InChI=1S/C39H25N3S/c40-38(28-18-17-27-22-35-33-13-6-7-16-36(33)43-37(35)23-29(27)21-28)42-39(41-24-25-9-2-1-3-10-25)34-15-8-14-31-30-12-5-4-11-26(30)19-20-32(31)34/h1-24,40H. The summed E-state index contributed by atoms with van der Waals surface area (Å²) < 4.78 is 2.53. The lowest BCUT2D eigenvalue weighted by Crippen LogP contribution is -2.05. The third kappa shape index (κ3) is 4.58. The van der Waals surface area contributed by atoms with Gasteiger partial charge in [0.1, 0.15) is 0 Å². The number of nitrogens with one attached hydrogen (secondary N) is 1. The van der Waals surface area contributed by atoms with E-state index in [0.717, 1.165) is 38.2 Å². The summed E-state index contributed by atoms with van der Waals surface area (Å²) in [6, 6.07) is 48.1. The van der Waals surface area contributed by atoms with Crippen molar-refractivity contribution in [2.75, 3.05) is 0 Å². The molecule has 0 aliphatic rings. The van der Waals surface area contributed by atoms with Crippen LogP contribution < -0.4 is 0 Å². The van der Waals surface area contributed by atoms with E-state index >= 15 is 0 Å². The smallest absolute Gasteiger partial charge is 0.162 e. The maximum atomic E-state index is 9.10. The lowest BCUT2D eigenvalue weighted by atomic mass is 9.98. The molecular formula is C39H25N3S. The van der Waals surface area contributed by atoms with E-state index in [1.165, 1.54) is 30.9 Å². The van der Waals surface area contributed by atoms with Crippen LogP contribution in [0.1, 0.15) is 16.7 Å². The van der Waals surface area contributed by atoms with Crippen molar-refractivity contribution in [3.8, 4) is 0 Å². The van der Waals surface area contributed by atoms with E-state index in [1.54, 1.807) is 11.3 Å². The van der Waals surface area contributed by atoms with Crippen molar-refractivity contribution >= 4 is 81.7 Å². The first kappa shape index (κ1) is 25.3. The fourth-order valence-corrected chi connectivity index (χ4v) is 6.99. The van der Waals surface area contributed by atoms with Crippen molar-refractivity contribution < 1.29 is 0 Å². The van der Waals surface area contributed by atoms with Gasteiger partial charge in [-0.05, 0) is 62.1 Å². The van der Waals surface area contributed by atoms with Crippen molar-refractivity contribution in [2.45, 2.75) is 0 Å². The zero-order chi connectivity index (χ0) is 28.8. The average Bonchev–Trinajstić information content (AvgIpc) is 3.42.